The highest BCUT2D eigenvalue weighted by Gasteiger charge is 2.31. The van der Waals surface area contributed by atoms with E-state index in [1.54, 1.807) is 48.7 Å². The molecule has 1 N–H and O–H groups in total. The average Bonchev–Trinajstić information content (AvgIpc) is 3.17. The number of nitrogens with zero attached hydrogens (tertiary/aromatic N) is 3. The number of aromatic nitrogens is 3. The van der Waals surface area contributed by atoms with Crippen molar-refractivity contribution in [1.29, 1.82) is 0 Å². The molecule has 2 aromatic carbocycles. The number of anilines is 1. The molecule has 2 heterocycles. The molecule has 31 heavy (non-hydrogen) atoms. The van der Waals surface area contributed by atoms with Crippen molar-refractivity contribution in [2.45, 2.75) is 31.1 Å². The monoisotopic (exact) mass is 442 g/mol. The van der Waals surface area contributed by atoms with Crippen LogP contribution >= 0.6 is 0 Å². The summed E-state index contributed by atoms with van der Waals surface area (Å²) in [6.45, 7) is 2.68. The second kappa shape index (κ2) is 7.73. The summed E-state index contributed by atoms with van der Waals surface area (Å²) in [7, 11) is -4.03. The zero-order chi connectivity index (χ0) is 22.2. The third-order valence-corrected chi connectivity index (χ3v) is 6.26. The molecule has 9 heteroatoms. The van der Waals surface area contributed by atoms with Gasteiger partial charge in [0.05, 0.1) is 16.1 Å². The molecule has 0 fully saturated rings. The van der Waals surface area contributed by atoms with E-state index in [0.717, 1.165) is 18.1 Å². The van der Waals surface area contributed by atoms with Gasteiger partial charge in [0, 0.05) is 24.6 Å². The predicted octanol–water partition coefficient (Wildman–Crippen LogP) is 4.90. The molecule has 160 valence electrons. The molecular formula is C22H20F2N4O2S. The lowest BCUT2D eigenvalue weighted by Crippen LogP contribution is -2.16. The fraction of sp³-hybridized carbons (Fsp3) is 0.182. The Hall–Kier alpha value is -3.33. The summed E-state index contributed by atoms with van der Waals surface area (Å²) in [4.78, 5) is 4.29. The molecule has 0 radical (unpaired) electrons. The Bertz CT molecular complexity index is 1340. The third kappa shape index (κ3) is 4.13. The number of sulfonamides is 1. The maximum Gasteiger partial charge on any atom is 0.288 e. The Morgan fingerprint density at radius 1 is 1.06 bits per heavy atom. The molecule has 4 rings (SSSR count). The largest absolute Gasteiger partial charge is 0.288 e. The van der Waals surface area contributed by atoms with Crippen molar-refractivity contribution in [1.82, 2.24) is 14.8 Å². The van der Waals surface area contributed by atoms with Gasteiger partial charge in [-0.1, -0.05) is 25.1 Å². The Morgan fingerprint density at radius 3 is 2.48 bits per heavy atom. The minimum absolute atomic E-state index is 0.0295. The molecule has 0 aliphatic heterocycles. The molecule has 0 spiro atoms. The van der Waals surface area contributed by atoms with E-state index in [-0.39, 0.29) is 10.7 Å². The number of hydrogen-bond acceptors (Lipinski definition) is 4. The van der Waals surface area contributed by atoms with E-state index < -0.39 is 21.6 Å². The van der Waals surface area contributed by atoms with E-state index in [9.17, 15) is 17.2 Å². The maximum absolute atomic E-state index is 14.1. The van der Waals surface area contributed by atoms with Gasteiger partial charge in [0.2, 0.25) is 0 Å². The normalized spacial score (nSPS) is 12.3. The summed E-state index contributed by atoms with van der Waals surface area (Å²) in [6.07, 6.45) is 2.38. The summed E-state index contributed by atoms with van der Waals surface area (Å²) < 4.78 is 57.6. The number of alkyl halides is 2. The zero-order valence-electron chi connectivity index (χ0n) is 16.9. The third-order valence-electron chi connectivity index (χ3n) is 4.89. The SMILES string of the molecule is CCc1ccc(S(=O)(=O)Nc2cc(C(C)(F)F)nn2-c2cccc3ncccc23)cc1. The van der Waals surface area contributed by atoms with Gasteiger partial charge in [-0.15, -0.1) is 0 Å². The number of fused-ring (bicyclic) bond motifs is 1. The molecule has 6 nitrogen and oxygen atoms in total. The first kappa shape index (κ1) is 20.9. The molecule has 0 amide bonds. The summed E-state index contributed by atoms with van der Waals surface area (Å²) in [5.74, 6) is -3.34. The van der Waals surface area contributed by atoms with Gasteiger partial charge in [0.25, 0.3) is 15.9 Å². The molecule has 0 bridgehead atoms. The van der Waals surface area contributed by atoms with E-state index in [1.807, 2.05) is 6.92 Å². The van der Waals surface area contributed by atoms with Gasteiger partial charge < -0.3 is 0 Å². The summed E-state index contributed by atoms with van der Waals surface area (Å²) in [5, 5.41) is 4.66. The Morgan fingerprint density at radius 2 is 1.81 bits per heavy atom. The lowest BCUT2D eigenvalue weighted by atomic mass is 10.2. The standard InChI is InChI=1S/C22H20F2N4O2S/c1-3-15-9-11-16(12-10-15)31(29,30)27-21-14-20(22(2,23)24)26-28(21)19-8-4-7-18-17(19)6-5-13-25-18/h4-14,27H,3H2,1-2H3. The minimum atomic E-state index is -4.03. The van der Waals surface area contributed by atoms with E-state index >= 15 is 0 Å². The first-order valence-electron chi connectivity index (χ1n) is 9.63. The van der Waals surface area contributed by atoms with Crippen LogP contribution in [0.1, 0.15) is 25.1 Å². The van der Waals surface area contributed by atoms with Crippen LogP contribution in [0.25, 0.3) is 16.6 Å². The topological polar surface area (TPSA) is 76.9 Å². The van der Waals surface area contributed by atoms with Crippen molar-refractivity contribution in [3.05, 3.63) is 78.1 Å². The number of nitrogens with one attached hydrogen (secondary N) is 1. The second-order valence-electron chi connectivity index (χ2n) is 7.17. The van der Waals surface area contributed by atoms with Crippen molar-refractivity contribution in [3.63, 3.8) is 0 Å². The second-order valence-corrected chi connectivity index (χ2v) is 8.85. The van der Waals surface area contributed by atoms with Crippen LogP contribution < -0.4 is 4.72 Å². The molecule has 0 saturated carbocycles. The van der Waals surface area contributed by atoms with Crippen molar-refractivity contribution >= 4 is 26.7 Å². The maximum atomic E-state index is 14.1. The fourth-order valence-electron chi connectivity index (χ4n) is 3.22. The summed E-state index contributed by atoms with van der Waals surface area (Å²) in [6, 6.07) is 16.1. The van der Waals surface area contributed by atoms with E-state index in [4.69, 9.17) is 0 Å². The van der Waals surface area contributed by atoms with Crippen LogP contribution in [0.15, 0.2) is 71.8 Å². The van der Waals surface area contributed by atoms with Crippen LogP contribution in [-0.4, -0.2) is 23.2 Å². The fourth-order valence-corrected chi connectivity index (χ4v) is 4.26. The zero-order valence-corrected chi connectivity index (χ0v) is 17.7. The van der Waals surface area contributed by atoms with Crippen LogP contribution in [-0.2, 0) is 22.4 Å². The number of halogens is 2. The number of hydrogen-bond donors (Lipinski definition) is 1. The molecule has 0 atom stereocenters. The van der Waals surface area contributed by atoms with Crippen LogP contribution in [0.4, 0.5) is 14.6 Å². The number of benzene rings is 2. The Labute approximate surface area is 178 Å². The number of pyridine rings is 1. The molecule has 4 aromatic rings. The van der Waals surface area contributed by atoms with Crippen LogP contribution in [0.3, 0.4) is 0 Å². The van der Waals surface area contributed by atoms with Gasteiger partial charge >= 0.3 is 0 Å². The Kier molecular flexibility index (Phi) is 5.22. The van der Waals surface area contributed by atoms with Gasteiger partial charge in [-0.3, -0.25) is 9.71 Å². The molecule has 0 unspecified atom stereocenters. The average molecular weight is 442 g/mol. The first-order valence-corrected chi connectivity index (χ1v) is 11.1. The predicted molar refractivity (Wildman–Crippen MR) is 115 cm³/mol. The highest BCUT2D eigenvalue weighted by atomic mass is 32.2. The van der Waals surface area contributed by atoms with E-state index in [0.29, 0.717) is 23.5 Å². The highest BCUT2D eigenvalue weighted by Crippen LogP contribution is 2.32. The van der Waals surface area contributed by atoms with Crippen molar-refractivity contribution in [2.24, 2.45) is 0 Å². The van der Waals surface area contributed by atoms with Crippen molar-refractivity contribution in [2.75, 3.05) is 4.72 Å². The molecule has 0 saturated heterocycles. The highest BCUT2D eigenvalue weighted by molar-refractivity contribution is 7.92. The van der Waals surface area contributed by atoms with Gasteiger partial charge in [0.1, 0.15) is 11.5 Å². The van der Waals surface area contributed by atoms with Gasteiger partial charge in [0.15, 0.2) is 0 Å². The molecule has 2 aromatic heterocycles. The smallest absolute Gasteiger partial charge is 0.263 e. The van der Waals surface area contributed by atoms with Crippen molar-refractivity contribution < 1.29 is 17.2 Å². The minimum Gasteiger partial charge on any atom is -0.263 e. The molecular weight excluding hydrogens is 422 g/mol. The van der Waals surface area contributed by atoms with Crippen LogP contribution in [0.2, 0.25) is 0 Å². The number of aryl methyl sites for hydroxylation is 1. The van der Waals surface area contributed by atoms with E-state index in [2.05, 4.69) is 14.8 Å². The van der Waals surface area contributed by atoms with E-state index in [1.165, 1.54) is 16.8 Å². The summed E-state index contributed by atoms with van der Waals surface area (Å²) >= 11 is 0. The quantitative estimate of drug-likeness (QED) is 0.461. The number of rotatable bonds is 6. The first-order chi connectivity index (χ1) is 14.7. The Balaban J connectivity index is 1.84. The summed E-state index contributed by atoms with van der Waals surface area (Å²) in [5.41, 5.74) is 1.50. The van der Waals surface area contributed by atoms with Crippen molar-refractivity contribution in [3.8, 4) is 5.69 Å². The van der Waals surface area contributed by atoms with Gasteiger partial charge in [-0.2, -0.15) is 13.9 Å². The van der Waals surface area contributed by atoms with Crippen LogP contribution in [0.5, 0.6) is 0 Å². The lowest BCUT2D eigenvalue weighted by Gasteiger charge is -2.12. The van der Waals surface area contributed by atoms with Gasteiger partial charge in [-0.25, -0.2) is 13.1 Å². The molecule has 0 aliphatic carbocycles. The van der Waals surface area contributed by atoms with Gasteiger partial charge in [-0.05, 0) is 48.4 Å². The lowest BCUT2D eigenvalue weighted by molar-refractivity contribution is 0.0124. The van der Waals surface area contributed by atoms with Crippen LogP contribution in [0, 0.1) is 0 Å². The molecule has 0 aliphatic rings.